The van der Waals surface area contributed by atoms with Crippen molar-refractivity contribution in [3.05, 3.63) is 76.9 Å². The number of pyridine rings is 1. The van der Waals surface area contributed by atoms with Crippen molar-refractivity contribution in [2.24, 2.45) is 0 Å². The van der Waals surface area contributed by atoms with Crippen LogP contribution in [-0.4, -0.2) is 33.1 Å². The Kier molecular flexibility index (Phi) is 9.34. The van der Waals surface area contributed by atoms with E-state index in [1.165, 1.54) is 23.0 Å². The van der Waals surface area contributed by atoms with Crippen LogP contribution in [0.4, 0.5) is 5.69 Å². The molecule has 3 aromatic rings. The van der Waals surface area contributed by atoms with Crippen molar-refractivity contribution in [2.75, 3.05) is 11.9 Å². The minimum Gasteiger partial charge on any atom is -0.319 e. The number of anilines is 1. The summed E-state index contributed by atoms with van der Waals surface area (Å²) in [5, 5.41) is 7.31. The van der Waals surface area contributed by atoms with Gasteiger partial charge in [-0.1, -0.05) is 50.7 Å². The second kappa shape index (κ2) is 11.8. The number of rotatable bonds is 7. The highest BCUT2D eigenvalue weighted by atomic mass is 79.9. The van der Waals surface area contributed by atoms with Gasteiger partial charge in [-0.25, -0.2) is 15.1 Å². The minimum atomic E-state index is -0.545. The van der Waals surface area contributed by atoms with Crippen molar-refractivity contribution >= 4 is 100 Å². The summed E-state index contributed by atoms with van der Waals surface area (Å²) in [7, 11) is 0. The number of hydrogen-bond donors (Lipinski definition) is 3. The summed E-state index contributed by atoms with van der Waals surface area (Å²) in [6.45, 7) is 0.197. The smallest absolute Gasteiger partial charge is 0.274 e. The topological polar surface area (TPSA) is 101 Å². The van der Waals surface area contributed by atoms with Crippen molar-refractivity contribution in [2.45, 2.75) is 0 Å². The van der Waals surface area contributed by atoms with Crippen LogP contribution in [0.1, 0.15) is 20.8 Å². The van der Waals surface area contributed by atoms with Crippen LogP contribution in [0.5, 0.6) is 0 Å². The van der Waals surface area contributed by atoms with Gasteiger partial charge in [0.2, 0.25) is 0 Å². The van der Waals surface area contributed by atoms with E-state index in [2.05, 4.69) is 74.0 Å². The Labute approximate surface area is 228 Å². The van der Waals surface area contributed by atoms with Gasteiger partial charge in [0.25, 0.3) is 11.8 Å². The summed E-state index contributed by atoms with van der Waals surface area (Å²) in [6.07, 6.45) is 3.00. The molecule has 3 N–H and O–H groups in total. The molecule has 172 valence electrons. The van der Waals surface area contributed by atoms with Crippen molar-refractivity contribution in [1.82, 2.24) is 25.6 Å². The van der Waals surface area contributed by atoms with Crippen LogP contribution in [0.25, 0.3) is 5.82 Å². The third kappa shape index (κ3) is 6.78. The fraction of sp³-hybridized carbons (Fsp3) is 0.0526. The molecule has 8 nitrogen and oxygen atoms in total. The molecule has 14 heteroatoms. The van der Waals surface area contributed by atoms with Gasteiger partial charge in [0.15, 0.2) is 5.82 Å². The van der Waals surface area contributed by atoms with Crippen LogP contribution in [-0.2, 0) is 0 Å². The Morgan fingerprint density at radius 1 is 1.12 bits per heavy atom. The molecular formula is C19H12Br3Cl3N6O2. The molecule has 0 fully saturated rings. The van der Waals surface area contributed by atoms with Crippen molar-refractivity contribution in [3.63, 3.8) is 0 Å². The molecule has 1 aromatic carbocycles. The van der Waals surface area contributed by atoms with E-state index >= 15 is 0 Å². The fourth-order valence-corrected chi connectivity index (χ4v) is 4.65. The molecule has 0 radical (unpaired) electrons. The lowest BCUT2D eigenvalue weighted by Crippen LogP contribution is -2.38. The largest absolute Gasteiger partial charge is 0.319 e. The summed E-state index contributed by atoms with van der Waals surface area (Å²) in [5.41, 5.74) is 5.75. The van der Waals surface area contributed by atoms with E-state index in [0.29, 0.717) is 18.6 Å². The van der Waals surface area contributed by atoms with Gasteiger partial charge in [0, 0.05) is 27.8 Å². The monoisotopic (exact) mass is 698 g/mol. The number of aromatic nitrogens is 3. The molecule has 0 unspecified atom stereocenters. The Balaban J connectivity index is 1.92. The van der Waals surface area contributed by atoms with Crippen LogP contribution in [0.3, 0.4) is 0 Å². The van der Waals surface area contributed by atoms with E-state index in [9.17, 15) is 9.59 Å². The van der Waals surface area contributed by atoms with Crippen LogP contribution in [0.2, 0.25) is 5.02 Å². The van der Waals surface area contributed by atoms with Gasteiger partial charge in [0.05, 0.1) is 16.3 Å². The number of halogens is 6. The molecule has 2 amide bonds. The van der Waals surface area contributed by atoms with Crippen molar-refractivity contribution < 1.29 is 9.59 Å². The predicted octanol–water partition coefficient (Wildman–Crippen LogP) is 6.01. The van der Waals surface area contributed by atoms with Gasteiger partial charge in [-0.15, -0.1) is 0 Å². The summed E-state index contributed by atoms with van der Waals surface area (Å²) in [6, 6.07) is 8.06. The lowest BCUT2D eigenvalue weighted by molar-refractivity contribution is 0.0936. The first-order valence-corrected chi connectivity index (χ1v) is 12.4. The summed E-state index contributed by atoms with van der Waals surface area (Å²) in [5.74, 6) is -0.774. The number of nitrogens with zero attached hydrogens (tertiary/aromatic N) is 3. The first-order valence-electron chi connectivity index (χ1n) is 8.88. The standard InChI is InChI=1S/C19H12Br3Cl3N6O2/c20-9-6-10(18(32)29-27-5-3-15(24)25)16(11(21)7-9)28-19(33)13-8-14(22)30-31(13)17-12(23)2-1-4-26-17/h1-4,6-8,27H,5H2,(H,28,33)(H,29,32). The first-order chi connectivity index (χ1) is 15.7. The molecule has 0 saturated heterocycles. The van der Waals surface area contributed by atoms with E-state index < -0.39 is 11.8 Å². The molecule has 0 saturated carbocycles. The molecule has 2 heterocycles. The SMILES string of the molecule is O=C(NNCC=C(Cl)Cl)c1cc(Br)cc(Br)c1NC(=O)c1cc(Br)nn1-c1ncccc1Cl. The molecule has 33 heavy (non-hydrogen) atoms. The van der Waals surface area contributed by atoms with Gasteiger partial charge in [-0.2, -0.15) is 5.10 Å². The second-order valence-electron chi connectivity index (χ2n) is 6.17. The van der Waals surface area contributed by atoms with Crippen LogP contribution < -0.4 is 16.2 Å². The molecule has 0 aliphatic carbocycles. The highest BCUT2D eigenvalue weighted by Crippen LogP contribution is 2.32. The number of carbonyl (C=O) groups is 2. The lowest BCUT2D eigenvalue weighted by Gasteiger charge is -2.15. The molecule has 0 bridgehead atoms. The normalized spacial score (nSPS) is 10.6. The zero-order valence-electron chi connectivity index (χ0n) is 16.2. The maximum atomic E-state index is 13.2. The molecule has 0 spiro atoms. The highest BCUT2D eigenvalue weighted by Gasteiger charge is 2.22. The summed E-state index contributed by atoms with van der Waals surface area (Å²) < 4.78 is 2.86. The zero-order valence-corrected chi connectivity index (χ0v) is 23.2. The maximum absolute atomic E-state index is 13.2. The number of benzene rings is 1. The quantitative estimate of drug-likeness (QED) is 0.207. The highest BCUT2D eigenvalue weighted by molar-refractivity contribution is 9.11. The first kappa shape index (κ1) is 26.1. The molecule has 0 aliphatic rings. The van der Waals surface area contributed by atoms with Gasteiger partial charge in [0.1, 0.15) is 14.8 Å². The van der Waals surface area contributed by atoms with Crippen molar-refractivity contribution in [3.8, 4) is 5.82 Å². The Bertz CT molecular complexity index is 1250. The second-order valence-corrected chi connectivity index (χ2v) is 10.2. The maximum Gasteiger partial charge on any atom is 0.274 e. The number of hydrogen-bond acceptors (Lipinski definition) is 5. The molecule has 0 aliphatic heterocycles. The van der Waals surface area contributed by atoms with E-state index in [-0.39, 0.29) is 33.8 Å². The average Bonchev–Trinajstić information content (AvgIpc) is 3.14. The van der Waals surface area contributed by atoms with Crippen molar-refractivity contribution in [1.29, 1.82) is 0 Å². The van der Waals surface area contributed by atoms with Gasteiger partial charge in [-0.3, -0.25) is 15.0 Å². The number of amides is 2. The average molecular weight is 702 g/mol. The van der Waals surface area contributed by atoms with E-state index in [4.69, 9.17) is 34.8 Å². The zero-order chi connectivity index (χ0) is 24.1. The summed E-state index contributed by atoms with van der Waals surface area (Å²) >= 11 is 27.3. The van der Waals surface area contributed by atoms with Gasteiger partial charge >= 0.3 is 0 Å². The Morgan fingerprint density at radius 2 is 1.88 bits per heavy atom. The van der Waals surface area contributed by atoms with Crippen LogP contribution in [0.15, 0.2) is 60.6 Å². The molecule has 0 atom stereocenters. The van der Waals surface area contributed by atoms with E-state index in [1.54, 1.807) is 24.3 Å². The number of carbonyl (C=O) groups excluding carboxylic acids is 2. The number of hydrazine groups is 1. The molecular weight excluding hydrogens is 690 g/mol. The predicted molar refractivity (Wildman–Crippen MR) is 139 cm³/mol. The Morgan fingerprint density at radius 3 is 2.58 bits per heavy atom. The van der Waals surface area contributed by atoms with Gasteiger partial charge < -0.3 is 5.32 Å². The van der Waals surface area contributed by atoms with Gasteiger partial charge in [-0.05, 0) is 62.2 Å². The third-order valence-electron chi connectivity index (χ3n) is 3.95. The minimum absolute atomic E-state index is 0.0608. The fourth-order valence-electron chi connectivity index (χ4n) is 2.59. The third-order valence-corrected chi connectivity index (χ3v) is 6.02. The van der Waals surface area contributed by atoms with E-state index in [0.717, 1.165) is 0 Å². The molecule has 2 aromatic heterocycles. The summed E-state index contributed by atoms with van der Waals surface area (Å²) in [4.78, 5) is 30.2. The number of nitrogens with one attached hydrogen (secondary N) is 3. The van der Waals surface area contributed by atoms with Crippen LogP contribution >= 0.6 is 82.6 Å². The lowest BCUT2D eigenvalue weighted by atomic mass is 10.1. The Hall–Kier alpha value is -1.47. The van der Waals surface area contributed by atoms with E-state index in [1.807, 2.05) is 0 Å². The molecule has 3 rings (SSSR count). The van der Waals surface area contributed by atoms with Crippen LogP contribution in [0, 0.1) is 0 Å².